The van der Waals surface area contributed by atoms with Crippen molar-refractivity contribution in [2.24, 2.45) is 5.73 Å². The van der Waals surface area contributed by atoms with Gasteiger partial charge in [-0.1, -0.05) is 78.9 Å². The molecule has 0 radical (unpaired) electrons. The average molecular weight is 654 g/mol. The normalized spacial score (nSPS) is 17.5. The fourth-order valence-electron chi connectivity index (χ4n) is 6.83. The topological polar surface area (TPSA) is 99.0 Å². The summed E-state index contributed by atoms with van der Waals surface area (Å²) in [6.45, 7) is 12.4. The van der Waals surface area contributed by atoms with Crippen LogP contribution in [0.25, 0.3) is 10.8 Å². The molecule has 0 aromatic heterocycles. The van der Waals surface area contributed by atoms with E-state index in [-0.39, 0.29) is 28.8 Å². The van der Waals surface area contributed by atoms with Gasteiger partial charge in [0.1, 0.15) is 12.1 Å². The Morgan fingerprint density at radius 2 is 1.42 bits per heavy atom. The number of hydrogen-bond donors (Lipinski definition) is 2. The lowest BCUT2D eigenvalue weighted by Gasteiger charge is -2.52. The van der Waals surface area contributed by atoms with Gasteiger partial charge in [-0.25, -0.2) is 5.01 Å². The van der Waals surface area contributed by atoms with Crippen LogP contribution in [0, 0.1) is 0 Å². The summed E-state index contributed by atoms with van der Waals surface area (Å²) in [5.41, 5.74) is 10.3. The largest absolute Gasteiger partial charge is 0.332 e. The summed E-state index contributed by atoms with van der Waals surface area (Å²) in [6, 6.07) is 22.3. The second-order valence-electron chi connectivity index (χ2n) is 15.4. The van der Waals surface area contributed by atoms with Crippen LogP contribution < -0.4 is 11.2 Å². The van der Waals surface area contributed by atoms with E-state index >= 15 is 0 Å². The quantitative estimate of drug-likeness (QED) is 0.233. The van der Waals surface area contributed by atoms with Crippen molar-refractivity contribution in [1.82, 2.24) is 20.2 Å². The third-order valence-corrected chi connectivity index (χ3v) is 9.65. The first-order valence-electron chi connectivity index (χ1n) is 17.1. The molecule has 48 heavy (non-hydrogen) atoms. The van der Waals surface area contributed by atoms with Crippen molar-refractivity contribution < 1.29 is 14.4 Å². The van der Waals surface area contributed by atoms with Crippen LogP contribution in [0.15, 0.2) is 84.9 Å². The summed E-state index contributed by atoms with van der Waals surface area (Å²) >= 11 is 0. The summed E-state index contributed by atoms with van der Waals surface area (Å²) in [5, 5.41) is 4.23. The van der Waals surface area contributed by atoms with E-state index in [4.69, 9.17) is 5.73 Å². The lowest BCUT2D eigenvalue weighted by Crippen LogP contribution is -2.67. The fraction of sp³-hybridized carbons (Fsp3) is 0.475. The number of fused-ring (bicyclic) bond motifs is 1. The van der Waals surface area contributed by atoms with Crippen LogP contribution in [0.4, 0.5) is 0 Å². The highest BCUT2D eigenvalue weighted by molar-refractivity contribution is 5.95. The number of piperidine rings is 1. The van der Waals surface area contributed by atoms with Crippen LogP contribution >= 0.6 is 0 Å². The summed E-state index contributed by atoms with van der Waals surface area (Å²) < 4.78 is 0. The van der Waals surface area contributed by atoms with Crippen LogP contribution in [0.5, 0.6) is 0 Å². The number of hydrazine groups is 1. The molecule has 1 saturated heterocycles. The first-order chi connectivity index (χ1) is 22.5. The van der Waals surface area contributed by atoms with Crippen molar-refractivity contribution in [1.29, 1.82) is 0 Å². The van der Waals surface area contributed by atoms with Crippen molar-refractivity contribution in [3.05, 3.63) is 96.1 Å². The molecule has 1 heterocycles. The number of nitrogens with one attached hydrogen (secondary N) is 1. The number of rotatable bonds is 12. The fourth-order valence-corrected chi connectivity index (χ4v) is 6.83. The highest BCUT2D eigenvalue weighted by atomic mass is 16.2. The zero-order valence-corrected chi connectivity index (χ0v) is 30.1. The predicted octanol–water partition coefficient (Wildman–Crippen LogP) is 6.04. The van der Waals surface area contributed by atoms with Crippen molar-refractivity contribution >= 4 is 28.5 Å². The van der Waals surface area contributed by atoms with E-state index in [0.717, 1.165) is 41.2 Å². The Morgan fingerprint density at radius 3 is 2.04 bits per heavy atom. The van der Waals surface area contributed by atoms with Gasteiger partial charge in [0.15, 0.2) is 0 Å². The minimum Gasteiger partial charge on any atom is -0.332 e. The Hall–Kier alpha value is -4.01. The highest BCUT2D eigenvalue weighted by Crippen LogP contribution is 2.36. The van der Waals surface area contributed by atoms with Gasteiger partial charge < -0.3 is 15.5 Å². The van der Waals surface area contributed by atoms with Gasteiger partial charge in [-0.3, -0.25) is 19.8 Å². The Kier molecular flexibility index (Phi) is 11.5. The van der Waals surface area contributed by atoms with Gasteiger partial charge in [-0.15, -0.1) is 0 Å². The van der Waals surface area contributed by atoms with Crippen molar-refractivity contribution in [3.63, 3.8) is 0 Å². The van der Waals surface area contributed by atoms with Gasteiger partial charge >= 0.3 is 0 Å². The van der Waals surface area contributed by atoms with Gasteiger partial charge in [0.05, 0.1) is 0 Å². The Labute approximate surface area is 287 Å². The molecule has 0 bridgehead atoms. The van der Waals surface area contributed by atoms with Crippen LogP contribution in [-0.4, -0.2) is 75.3 Å². The molecule has 3 N–H and O–H groups in total. The van der Waals surface area contributed by atoms with Gasteiger partial charge in [0, 0.05) is 43.6 Å². The van der Waals surface area contributed by atoms with Gasteiger partial charge in [0.2, 0.25) is 11.8 Å². The number of benzene rings is 3. The van der Waals surface area contributed by atoms with E-state index in [0.29, 0.717) is 19.3 Å². The summed E-state index contributed by atoms with van der Waals surface area (Å²) in [6.07, 6.45) is 7.35. The molecule has 0 unspecified atom stereocenters. The lowest BCUT2D eigenvalue weighted by atomic mass is 9.81. The van der Waals surface area contributed by atoms with E-state index < -0.39 is 17.6 Å². The molecule has 8 heteroatoms. The standard InChI is InChI=1S/C40H55N5O3/c1-38(2,41)23-14-20-35(46)43(7)34(28-30-21-22-31-18-12-13-19-32(31)26-30)37(48)44(8)33(27-29-16-10-9-11-17-29)36(47)42-45-39(3,4)24-15-25-40(45,5)6/h9-14,16-22,26,33-34H,15,23-25,27-28,41H2,1-8H3,(H,42,47)/t33-,34-/m1/s1. The number of nitrogens with zero attached hydrogens (tertiary/aromatic N) is 3. The number of nitrogens with two attached hydrogens (primary N) is 1. The van der Waals surface area contributed by atoms with E-state index in [1.807, 2.05) is 80.6 Å². The second kappa shape index (κ2) is 15.0. The Balaban J connectivity index is 1.69. The molecular weight excluding hydrogens is 598 g/mol. The number of carbonyl (C=O) groups is 3. The van der Waals surface area contributed by atoms with Crippen molar-refractivity contribution in [3.8, 4) is 0 Å². The second-order valence-corrected chi connectivity index (χ2v) is 15.4. The van der Waals surface area contributed by atoms with E-state index in [1.165, 1.54) is 15.9 Å². The van der Waals surface area contributed by atoms with Gasteiger partial charge in [0.25, 0.3) is 5.91 Å². The number of likely N-dealkylation sites (N-methyl/N-ethyl adjacent to an activating group) is 2. The monoisotopic (exact) mass is 653 g/mol. The molecule has 1 aliphatic rings. The van der Waals surface area contributed by atoms with Crippen LogP contribution in [0.1, 0.15) is 78.4 Å². The zero-order valence-electron chi connectivity index (χ0n) is 30.1. The van der Waals surface area contributed by atoms with Crippen LogP contribution in [-0.2, 0) is 27.2 Å². The molecule has 4 rings (SSSR count). The van der Waals surface area contributed by atoms with Crippen molar-refractivity contribution in [2.75, 3.05) is 14.1 Å². The van der Waals surface area contributed by atoms with Crippen LogP contribution in [0.3, 0.4) is 0 Å². The molecular formula is C40H55N5O3. The summed E-state index contributed by atoms with van der Waals surface area (Å²) in [4.78, 5) is 45.6. The SMILES string of the molecule is CN(C(=O)C=CCC(C)(C)N)[C@H](Cc1ccc2ccccc2c1)C(=O)N(C)[C@H](Cc1ccccc1)C(=O)NN1C(C)(C)CCCC1(C)C. The molecule has 3 amide bonds. The lowest BCUT2D eigenvalue weighted by molar-refractivity contribution is -0.152. The third-order valence-electron chi connectivity index (χ3n) is 9.65. The molecule has 3 aromatic carbocycles. The maximum atomic E-state index is 14.7. The maximum Gasteiger partial charge on any atom is 0.257 e. The van der Waals surface area contributed by atoms with Gasteiger partial charge in [-0.05, 0) is 95.2 Å². The highest BCUT2D eigenvalue weighted by Gasteiger charge is 2.44. The van der Waals surface area contributed by atoms with E-state index in [2.05, 4.69) is 44.2 Å². The number of carbonyl (C=O) groups excluding carboxylic acids is 3. The molecule has 1 fully saturated rings. The smallest absolute Gasteiger partial charge is 0.257 e. The van der Waals surface area contributed by atoms with Gasteiger partial charge in [-0.2, -0.15) is 0 Å². The average Bonchev–Trinajstić information content (AvgIpc) is 3.02. The minimum absolute atomic E-state index is 0.249. The first-order valence-corrected chi connectivity index (χ1v) is 17.1. The number of amides is 3. The molecule has 0 aliphatic carbocycles. The van der Waals surface area contributed by atoms with E-state index in [9.17, 15) is 14.4 Å². The maximum absolute atomic E-state index is 14.7. The molecule has 8 nitrogen and oxygen atoms in total. The predicted molar refractivity (Wildman–Crippen MR) is 195 cm³/mol. The molecule has 0 spiro atoms. The van der Waals surface area contributed by atoms with Crippen LogP contribution in [0.2, 0.25) is 0 Å². The molecule has 0 saturated carbocycles. The zero-order chi connectivity index (χ0) is 35.3. The summed E-state index contributed by atoms with van der Waals surface area (Å²) in [5.74, 6) is -0.853. The molecule has 258 valence electrons. The molecule has 2 atom stereocenters. The van der Waals surface area contributed by atoms with Crippen molar-refractivity contribution in [2.45, 2.75) is 109 Å². The minimum atomic E-state index is -0.854. The summed E-state index contributed by atoms with van der Waals surface area (Å²) in [7, 11) is 3.34. The third kappa shape index (κ3) is 9.32. The molecule has 3 aromatic rings. The Bertz CT molecular complexity index is 1590. The molecule has 1 aliphatic heterocycles. The number of hydrogen-bond acceptors (Lipinski definition) is 5. The van der Waals surface area contributed by atoms with E-state index in [1.54, 1.807) is 20.2 Å². The Morgan fingerprint density at radius 1 is 0.833 bits per heavy atom. The first kappa shape index (κ1) is 36.8.